The van der Waals surface area contributed by atoms with Crippen LogP contribution in [0.2, 0.25) is 0 Å². The van der Waals surface area contributed by atoms with Gasteiger partial charge >= 0.3 is 0 Å². The SMILES string of the molecule is CCNC(=O)c1ccc(NC(=O)C2(C)CCNCC2)cc1. The number of nitrogens with one attached hydrogen (secondary N) is 3. The lowest BCUT2D eigenvalue weighted by atomic mass is 9.80. The average molecular weight is 289 g/mol. The maximum atomic E-state index is 12.4. The molecule has 1 aromatic carbocycles. The zero-order chi connectivity index (χ0) is 15.3. The Hall–Kier alpha value is -1.88. The molecule has 0 bridgehead atoms. The summed E-state index contributed by atoms with van der Waals surface area (Å²) in [6, 6.07) is 7.00. The van der Waals surface area contributed by atoms with Crippen molar-refractivity contribution in [2.45, 2.75) is 26.7 Å². The molecule has 1 saturated heterocycles. The van der Waals surface area contributed by atoms with Crippen molar-refractivity contribution in [1.82, 2.24) is 10.6 Å². The number of rotatable bonds is 4. The van der Waals surface area contributed by atoms with Crippen LogP contribution in [0, 0.1) is 5.41 Å². The molecule has 0 radical (unpaired) electrons. The van der Waals surface area contributed by atoms with Crippen LogP contribution in [0.25, 0.3) is 0 Å². The van der Waals surface area contributed by atoms with Gasteiger partial charge in [-0.1, -0.05) is 6.92 Å². The van der Waals surface area contributed by atoms with E-state index in [4.69, 9.17) is 0 Å². The van der Waals surface area contributed by atoms with Crippen LogP contribution in [0.3, 0.4) is 0 Å². The Kier molecular flexibility index (Phi) is 4.96. The second kappa shape index (κ2) is 6.72. The highest BCUT2D eigenvalue weighted by atomic mass is 16.2. The first-order valence-electron chi connectivity index (χ1n) is 7.45. The Morgan fingerprint density at radius 2 is 1.81 bits per heavy atom. The van der Waals surface area contributed by atoms with E-state index in [2.05, 4.69) is 16.0 Å². The van der Waals surface area contributed by atoms with Crippen LogP contribution < -0.4 is 16.0 Å². The molecule has 1 aliphatic rings. The van der Waals surface area contributed by atoms with E-state index in [1.54, 1.807) is 24.3 Å². The van der Waals surface area contributed by atoms with Crippen LogP contribution in [0.15, 0.2) is 24.3 Å². The van der Waals surface area contributed by atoms with E-state index in [9.17, 15) is 9.59 Å². The normalized spacial score (nSPS) is 17.0. The molecule has 3 N–H and O–H groups in total. The summed E-state index contributed by atoms with van der Waals surface area (Å²) in [7, 11) is 0. The van der Waals surface area contributed by atoms with Gasteiger partial charge in [-0.05, 0) is 57.1 Å². The summed E-state index contributed by atoms with van der Waals surface area (Å²) in [6.45, 7) is 6.24. The lowest BCUT2D eigenvalue weighted by Crippen LogP contribution is -2.42. The summed E-state index contributed by atoms with van der Waals surface area (Å²) in [5.74, 6) is -0.0459. The van der Waals surface area contributed by atoms with Crippen LogP contribution in [0.5, 0.6) is 0 Å². The molecule has 1 aliphatic heterocycles. The van der Waals surface area contributed by atoms with Gasteiger partial charge in [0.2, 0.25) is 5.91 Å². The Morgan fingerprint density at radius 3 is 2.38 bits per heavy atom. The molecule has 0 unspecified atom stereocenters. The third kappa shape index (κ3) is 3.82. The van der Waals surface area contributed by atoms with Crippen LogP contribution in [0.1, 0.15) is 37.0 Å². The molecule has 0 aliphatic carbocycles. The van der Waals surface area contributed by atoms with Gasteiger partial charge in [-0.3, -0.25) is 9.59 Å². The number of benzene rings is 1. The highest BCUT2D eigenvalue weighted by molar-refractivity contribution is 5.97. The monoisotopic (exact) mass is 289 g/mol. The summed E-state index contributed by atoms with van der Waals surface area (Å²) >= 11 is 0. The molecule has 0 aromatic heterocycles. The predicted octanol–water partition coefficient (Wildman–Crippen LogP) is 1.76. The van der Waals surface area contributed by atoms with E-state index < -0.39 is 0 Å². The van der Waals surface area contributed by atoms with Crippen molar-refractivity contribution in [2.24, 2.45) is 5.41 Å². The van der Waals surface area contributed by atoms with Gasteiger partial charge in [0.25, 0.3) is 5.91 Å². The standard InChI is InChI=1S/C16H23N3O2/c1-3-18-14(20)12-4-6-13(7-5-12)19-15(21)16(2)8-10-17-11-9-16/h4-7,17H,3,8-11H2,1-2H3,(H,18,20)(H,19,21). The first-order chi connectivity index (χ1) is 10.0. The minimum atomic E-state index is -0.316. The lowest BCUT2D eigenvalue weighted by molar-refractivity contribution is -0.126. The Labute approximate surface area is 125 Å². The topological polar surface area (TPSA) is 70.2 Å². The first kappa shape index (κ1) is 15.5. The predicted molar refractivity (Wildman–Crippen MR) is 83.3 cm³/mol. The van der Waals surface area contributed by atoms with Gasteiger partial charge in [0.05, 0.1) is 0 Å². The van der Waals surface area contributed by atoms with Crippen molar-refractivity contribution >= 4 is 17.5 Å². The third-order valence-electron chi connectivity index (χ3n) is 4.00. The molecule has 5 nitrogen and oxygen atoms in total. The second-order valence-electron chi connectivity index (χ2n) is 5.70. The van der Waals surface area contributed by atoms with E-state index in [0.717, 1.165) is 31.6 Å². The largest absolute Gasteiger partial charge is 0.352 e. The van der Waals surface area contributed by atoms with Gasteiger partial charge in [-0.15, -0.1) is 0 Å². The maximum Gasteiger partial charge on any atom is 0.251 e. The van der Waals surface area contributed by atoms with Crippen LogP contribution in [-0.2, 0) is 4.79 Å². The van der Waals surface area contributed by atoms with Crippen molar-refractivity contribution in [3.8, 4) is 0 Å². The molecule has 5 heteroatoms. The summed E-state index contributed by atoms with van der Waals surface area (Å²) < 4.78 is 0. The first-order valence-corrected chi connectivity index (χ1v) is 7.45. The van der Waals surface area contributed by atoms with Gasteiger partial charge in [-0.2, -0.15) is 0 Å². The van der Waals surface area contributed by atoms with Crippen LogP contribution >= 0.6 is 0 Å². The molecular formula is C16H23N3O2. The highest BCUT2D eigenvalue weighted by Gasteiger charge is 2.34. The molecule has 1 aromatic rings. The lowest BCUT2D eigenvalue weighted by Gasteiger charge is -2.32. The number of amides is 2. The number of anilines is 1. The number of hydrogen-bond acceptors (Lipinski definition) is 3. The molecule has 0 spiro atoms. The number of carbonyl (C=O) groups excluding carboxylic acids is 2. The fourth-order valence-electron chi connectivity index (χ4n) is 2.46. The summed E-state index contributed by atoms with van der Waals surface area (Å²) in [5, 5.41) is 8.96. The zero-order valence-electron chi connectivity index (χ0n) is 12.7. The average Bonchev–Trinajstić information content (AvgIpc) is 2.49. The molecule has 1 heterocycles. The zero-order valence-corrected chi connectivity index (χ0v) is 12.7. The fraction of sp³-hybridized carbons (Fsp3) is 0.500. The van der Waals surface area contributed by atoms with E-state index in [0.29, 0.717) is 12.1 Å². The van der Waals surface area contributed by atoms with Crippen molar-refractivity contribution in [3.63, 3.8) is 0 Å². The summed E-state index contributed by atoms with van der Waals surface area (Å²) in [5.41, 5.74) is 1.01. The molecule has 0 atom stereocenters. The van der Waals surface area contributed by atoms with Crippen molar-refractivity contribution in [2.75, 3.05) is 25.0 Å². The number of piperidine rings is 1. The van der Waals surface area contributed by atoms with Crippen molar-refractivity contribution in [1.29, 1.82) is 0 Å². The molecule has 1 fully saturated rings. The van der Waals surface area contributed by atoms with Gasteiger partial charge in [0.1, 0.15) is 0 Å². The molecule has 114 valence electrons. The number of carbonyl (C=O) groups is 2. The van der Waals surface area contributed by atoms with Crippen LogP contribution in [0.4, 0.5) is 5.69 Å². The van der Waals surface area contributed by atoms with Gasteiger partial charge in [0, 0.05) is 23.2 Å². The van der Waals surface area contributed by atoms with Gasteiger partial charge < -0.3 is 16.0 Å². The van der Waals surface area contributed by atoms with Crippen molar-refractivity contribution in [3.05, 3.63) is 29.8 Å². The summed E-state index contributed by atoms with van der Waals surface area (Å²) in [4.78, 5) is 24.1. The van der Waals surface area contributed by atoms with E-state index in [1.165, 1.54) is 0 Å². The smallest absolute Gasteiger partial charge is 0.251 e. The van der Waals surface area contributed by atoms with E-state index >= 15 is 0 Å². The second-order valence-corrected chi connectivity index (χ2v) is 5.70. The van der Waals surface area contributed by atoms with Crippen molar-refractivity contribution < 1.29 is 9.59 Å². The Bertz CT molecular complexity index is 505. The quantitative estimate of drug-likeness (QED) is 0.791. The number of hydrogen-bond donors (Lipinski definition) is 3. The maximum absolute atomic E-state index is 12.4. The molecule has 2 amide bonds. The Balaban J connectivity index is 1.99. The summed E-state index contributed by atoms with van der Waals surface area (Å²) in [6.07, 6.45) is 1.69. The fourth-order valence-corrected chi connectivity index (χ4v) is 2.46. The highest BCUT2D eigenvalue weighted by Crippen LogP contribution is 2.29. The van der Waals surface area contributed by atoms with Gasteiger partial charge in [-0.25, -0.2) is 0 Å². The minimum absolute atomic E-state index is 0.0507. The third-order valence-corrected chi connectivity index (χ3v) is 4.00. The minimum Gasteiger partial charge on any atom is -0.352 e. The van der Waals surface area contributed by atoms with Gasteiger partial charge in [0.15, 0.2) is 0 Å². The Morgan fingerprint density at radius 1 is 1.19 bits per heavy atom. The molecular weight excluding hydrogens is 266 g/mol. The molecule has 0 saturated carbocycles. The van der Waals surface area contributed by atoms with E-state index in [-0.39, 0.29) is 17.2 Å². The molecule has 2 rings (SSSR count). The van der Waals surface area contributed by atoms with Crippen LogP contribution in [-0.4, -0.2) is 31.4 Å². The van der Waals surface area contributed by atoms with E-state index in [1.807, 2.05) is 13.8 Å². The molecule has 21 heavy (non-hydrogen) atoms.